The summed E-state index contributed by atoms with van der Waals surface area (Å²) in [7, 11) is 0. The smallest absolute Gasteiger partial charge is 0.322 e. The van der Waals surface area contributed by atoms with Crippen molar-refractivity contribution < 1.29 is 58.8 Å². The molecule has 0 rings (SSSR count). The highest BCUT2D eigenvalue weighted by molar-refractivity contribution is 8.03. The third kappa shape index (κ3) is 18.7. The minimum absolute atomic E-state index is 0.0197. The van der Waals surface area contributed by atoms with Crippen LogP contribution in [0.1, 0.15) is 25.7 Å². The first-order valence-corrected chi connectivity index (χ1v) is 14.6. The Hall–Kier alpha value is -3.62. The van der Waals surface area contributed by atoms with Crippen molar-refractivity contribution in [2.45, 2.75) is 49.9 Å². The minimum atomic E-state index is -1.30. The van der Waals surface area contributed by atoms with Crippen molar-refractivity contribution >= 4 is 71.0 Å². The van der Waals surface area contributed by atoms with Gasteiger partial charge in [0, 0.05) is 35.9 Å². The van der Waals surface area contributed by atoms with Crippen molar-refractivity contribution in [3.8, 4) is 0 Å². The molecule has 0 aromatic carbocycles. The van der Waals surface area contributed by atoms with Gasteiger partial charge >= 0.3 is 23.9 Å². The Morgan fingerprint density at radius 1 is 0.595 bits per heavy atom. The van der Waals surface area contributed by atoms with Gasteiger partial charge in [0.25, 0.3) is 0 Å². The molecule has 0 fully saturated rings. The monoisotopic (exact) mass is 640 g/mol. The predicted molar refractivity (Wildman–Crippen MR) is 149 cm³/mol. The van der Waals surface area contributed by atoms with Gasteiger partial charge in [-0.25, -0.2) is 0 Å². The van der Waals surface area contributed by atoms with Gasteiger partial charge in [-0.2, -0.15) is 23.5 Å². The van der Waals surface area contributed by atoms with E-state index in [1.165, 1.54) is 23.5 Å². The molecule has 238 valence electrons. The lowest BCUT2D eigenvalue weighted by molar-refractivity contribution is -0.140. The molecular weight excluding hydrogens is 604 g/mol. The fourth-order valence-corrected chi connectivity index (χ4v) is 5.03. The maximum absolute atomic E-state index is 12.4. The van der Waals surface area contributed by atoms with Crippen LogP contribution in [0.25, 0.3) is 0 Å². The van der Waals surface area contributed by atoms with E-state index in [9.17, 15) is 38.4 Å². The summed E-state index contributed by atoms with van der Waals surface area (Å²) in [6.45, 7) is -1.37. The van der Waals surface area contributed by atoms with E-state index in [2.05, 4.69) is 21.3 Å². The van der Waals surface area contributed by atoms with Crippen LogP contribution in [0.2, 0.25) is 0 Å². The molecule has 18 nitrogen and oxygen atoms in total. The van der Waals surface area contributed by atoms with E-state index < -0.39 is 84.8 Å². The number of carboxylic acids is 4. The molecule has 0 unspecified atom stereocenters. The van der Waals surface area contributed by atoms with Gasteiger partial charge in [0.1, 0.15) is 37.3 Å². The Morgan fingerprint density at radius 2 is 0.929 bits per heavy atom. The first-order chi connectivity index (χ1) is 19.6. The van der Waals surface area contributed by atoms with Crippen molar-refractivity contribution in [2.24, 2.45) is 11.5 Å². The van der Waals surface area contributed by atoms with Crippen molar-refractivity contribution in [3.63, 3.8) is 0 Å². The first-order valence-electron chi connectivity index (χ1n) is 12.3. The number of nitrogens with one attached hydrogen (secondary N) is 4. The number of thioether (sulfide) groups is 2. The van der Waals surface area contributed by atoms with Crippen LogP contribution in [0.5, 0.6) is 0 Å². The summed E-state index contributed by atoms with van der Waals surface area (Å²) in [6.07, 6.45) is -0.928. The minimum Gasteiger partial charge on any atom is -0.480 e. The Labute approximate surface area is 248 Å². The molecule has 0 aliphatic carbocycles. The molecule has 0 aromatic heterocycles. The van der Waals surface area contributed by atoms with Gasteiger partial charge in [-0.1, -0.05) is 0 Å². The van der Waals surface area contributed by atoms with Crippen LogP contribution in [-0.4, -0.2) is 128 Å². The average molecular weight is 641 g/mol. The summed E-state index contributed by atoms with van der Waals surface area (Å²) in [6, 6.07) is -4.83. The summed E-state index contributed by atoms with van der Waals surface area (Å²) in [5.41, 5.74) is 10.7. The number of aliphatic carboxylic acids is 4. The van der Waals surface area contributed by atoms with Crippen LogP contribution in [0.3, 0.4) is 0 Å². The van der Waals surface area contributed by atoms with Gasteiger partial charge < -0.3 is 53.2 Å². The molecular formula is C22H36N6O12S2. The van der Waals surface area contributed by atoms with E-state index in [0.717, 1.165) is 0 Å². The van der Waals surface area contributed by atoms with Crippen LogP contribution < -0.4 is 32.7 Å². The number of hydrogen-bond donors (Lipinski definition) is 10. The zero-order chi connectivity index (χ0) is 32.2. The Bertz CT molecular complexity index is 910. The molecule has 0 bridgehead atoms. The van der Waals surface area contributed by atoms with Crippen molar-refractivity contribution in [2.75, 3.05) is 36.1 Å². The molecule has 0 radical (unpaired) electrons. The largest absolute Gasteiger partial charge is 0.480 e. The normalized spacial score (nSPS) is 13.5. The van der Waals surface area contributed by atoms with Crippen molar-refractivity contribution in [1.82, 2.24) is 21.3 Å². The number of carboxylic acid groups (broad SMARTS) is 4. The molecule has 0 aromatic rings. The fraction of sp³-hybridized carbons (Fsp3) is 0.636. The maximum atomic E-state index is 12.4. The average Bonchev–Trinajstić information content (AvgIpc) is 2.91. The van der Waals surface area contributed by atoms with Gasteiger partial charge in [0.2, 0.25) is 23.6 Å². The predicted octanol–water partition coefficient (Wildman–Crippen LogP) is -3.79. The summed E-state index contributed by atoms with van der Waals surface area (Å²) < 4.78 is 0. The molecule has 0 aliphatic rings. The molecule has 0 saturated carbocycles. The second kappa shape index (κ2) is 21.1. The Morgan fingerprint density at radius 3 is 1.21 bits per heavy atom. The zero-order valence-corrected chi connectivity index (χ0v) is 24.0. The lowest BCUT2D eigenvalue weighted by Gasteiger charge is -2.19. The molecule has 0 aliphatic heterocycles. The topological polar surface area (TPSA) is 318 Å². The third-order valence-electron chi connectivity index (χ3n) is 5.07. The standard InChI is InChI=1S/C22H36N6O12S2/c23-11(21(37)38)1-3-15(29)27-13(19(35)25-7-17(31)32)9-41-5-6-42-10-14(20(36)26-8-18(33)34)28-16(30)4-2-12(24)22(39)40/h11-14H,1-10,23-24H2,(H,25,35)(H,26,36)(H,27,29)(H,28,30)(H,31,32)(H,33,34)(H,37,38)(H,39,40)/t11-,12-,13-,14-/m0/s1. The zero-order valence-electron chi connectivity index (χ0n) is 22.4. The number of rotatable bonds is 23. The number of nitrogens with two attached hydrogens (primary N) is 2. The van der Waals surface area contributed by atoms with Crippen LogP contribution in [0, 0.1) is 0 Å². The van der Waals surface area contributed by atoms with Crippen molar-refractivity contribution in [3.05, 3.63) is 0 Å². The summed E-state index contributed by atoms with van der Waals surface area (Å²) in [5.74, 6) is -7.27. The van der Waals surface area contributed by atoms with E-state index in [0.29, 0.717) is 11.5 Å². The van der Waals surface area contributed by atoms with Crippen LogP contribution in [0.15, 0.2) is 0 Å². The third-order valence-corrected chi connectivity index (χ3v) is 7.45. The van der Waals surface area contributed by atoms with Gasteiger partial charge in [-0.05, 0) is 12.8 Å². The van der Waals surface area contributed by atoms with Gasteiger partial charge in [-0.15, -0.1) is 0 Å². The van der Waals surface area contributed by atoms with E-state index in [4.69, 9.17) is 31.9 Å². The van der Waals surface area contributed by atoms with Crippen LogP contribution in [-0.2, 0) is 38.4 Å². The maximum Gasteiger partial charge on any atom is 0.322 e. The van der Waals surface area contributed by atoms with Crippen molar-refractivity contribution in [1.29, 1.82) is 0 Å². The number of amides is 4. The second-order valence-electron chi connectivity index (χ2n) is 8.58. The highest BCUT2D eigenvalue weighted by Gasteiger charge is 2.24. The molecule has 20 heteroatoms. The SMILES string of the molecule is N[C@@H](CCC(=O)N[C@@H](CSCCSC[C@H](NC(=O)CC[C@H](N)C(=O)O)C(=O)NCC(=O)O)C(=O)NCC(=O)O)C(=O)O. The molecule has 12 N–H and O–H groups in total. The van der Waals surface area contributed by atoms with Gasteiger partial charge in [0.15, 0.2) is 0 Å². The van der Waals surface area contributed by atoms with E-state index >= 15 is 0 Å². The summed E-state index contributed by atoms with van der Waals surface area (Å²) >= 11 is 2.40. The molecule has 42 heavy (non-hydrogen) atoms. The van der Waals surface area contributed by atoms with E-state index in [1.807, 2.05) is 0 Å². The van der Waals surface area contributed by atoms with Gasteiger partial charge in [-0.3, -0.25) is 38.4 Å². The molecule has 4 amide bonds. The number of hydrogen-bond acceptors (Lipinski definition) is 12. The fourth-order valence-electron chi connectivity index (χ4n) is 2.81. The molecule has 4 atom stereocenters. The van der Waals surface area contributed by atoms with Crippen LogP contribution >= 0.6 is 23.5 Å². The lowest BCUT2D eigenvalue weighted by Crippen LogP contribution is -2.49. The second-order valence-corrected chi connectivity index (χ2v) is 10.9. The Kier molecular flexibility index (Phi) is 19.3. The number of carbonyl (C=O) groups is 8. The highest BCUT2D eigenvalue weighted by Crippen LogP contribution is 2.11. The Balaban J connectivity index is 4.93. The number of carbonyl (C=O) groups excluding carboxylic acids is 4. The highest BCUT2D eigenvalue weighted by atomic mass is 32.2. The van der Waals surface area contributed by atoms with Gasteiger partial charge in [0.05, 0.1) is 0 Å². The summed E-state index contributed by atoms with van der Waals surface area (Å²) in [5, 5.41) is 44.3. The summed E-state index contributed by atoms with van der Waals surface area (Å²) in [4.78, 5) is 92.3. The first kappa shape index (κ1) is 38.4. The van der Waals surface area contributed by atoms with E-state index in [1.54, 1.807) is 0 Å². The molecule has 0 spiro atoms. The lowest BCUT2D eigenvalue weighted by atomic mass is 10.1. The molecule has 0 heterocycles. The quantitative estimate of drug-likeness (QED) is 0.0479. The molecule has 0 saturated heterocycles. The van der Waals surface area contributed by atoms with Crippen LogP contribution in [0.4, 0.5) is 0 Å². The van der Waals surface area contributed by atoms with E-state index in [-0.39, 0.29) is 37.2 Å².